The first kappa shape index (κ1) is 11.7. The van der Waals surface area contributed by atoms with Crippen LogP contribution in [0, 0.1) is 12.7 Å². The molecular weight excluding hydrogens is 239 g/mol. The molecule has 17 heavy (non-hydrogen) atoms. The van der Waals surface area contributed by atoms with Crippen molar-refractivity contribution in [3.05, 3.63) is 52.8 Å². The van der Waals surface area contributed by atoms with Crippen LogP contribution < -0.4 is 11.1 Å². The predicted molar refractivity (Wildman–Crippen MR) is 70.3 cm³/mol. The molecule has 0 aliphatic heterocycles. The maximum Gasteiger partial charge on any atom is 0.148 e. The standard InChI is InChI=1S/C13H12ClFN2/c1-8-2-3-9(6-11(8)14)17-10-4-5-13(16)12(15)7-10/h2-7,17H,16H2,1H3. The molecule has 0 spiro atoms. The fourth-order valence-electron chi connectivity index (χ4n) is 1.44. The lowest BCUT2D eigenvalue weighted by Crippen LogP contribution is -1.94. The van der Waals surface area contributed by atoms with Crippen LogP contribution in [-0.4, -0.2) is 0 Å². The maximum absolute atomic E-state index is 13.2. The second kappa shape index (κ2) is 4.63. The van der Waals surface area contributed by atoms with Crippen molar-refractivity contribution in [1.29, 1.82) is 0 Å². The lowest BCUT2D eigenvalue weighted by atomic mass is 10.2. The van der Waals surface area contributed by atoms with Crippen LogP contribution in [0.2, 0.25) is 5.02 Å². The molecule has 3 N–H and O–H groups in total. The van der Waals surface area contributed by atoms with E-state index in [0.29, 0.717) is 10.7 Å². The Morgan fingerprint density at radius 2 is 1.76 bits per heavy atom. The van der Waals surface area contributed by atoms with Crippen LogP contribution in [0.25, 0.3) is 0 Å². The molecule has 88 valence electrons. The summed E-state index contributed by atoms with van der Waals surface area (Å²) in [5.74, 6) is -0.437. The number of halogens is 2. The summed E-state index contributed by atoms with van der Waals surface area (Å²) < 4.78 is 13.2. The third kappa shape index (κ3) is 2.68. The van der Waals surface area contributed by atoms with Gasteiger partial charge in [0.1, 0.15) is 5.82 Å². The Bertz CT molecular complexity index is 506. The first-order valence-corrected chi connectivity index (χ1v) is 5.52. The van der Waals surface area contributed by atoms with Crippen molar-refractivity contribution >= 4 is 28.7 Å². The molecule has 0 atom stereocenters. The van der Waals surface area contributed by atoms with Gasteiger partial charge in [-0.2, -0.15) is 0 Å². The summed E-state index contributed by atoms with van der Waals surface area (Å²) >= 11 is 6.00. The van der Waals surface area contributed by atoms with Crippen LogP contribution in [-0.2, 0) is 0 Å². The van der Waals surface area contributed by atoms with E-state index in [-0.39, 0.29) is 5.69 Å². The fourth-order valence-corrected chi connectivity index (χ4v) is 1.62. The summed E-state index contributed by atoms with van der Waals surface area (Å²) in [5.41, 5.74) is 7.99. The molecule has 2 aromatic carbocycles. The van der Waals surface area contributed by atoms with Gasteiger partial charge in [-0.3, -0.25) is 0 Å². The smallest absolute Gasteiger partial charge is 0.148 e. The van der Waals surface area contributed by atoms with Gasteiger partial charge >= 0.3 is 0 Å². The van der Waals surface area contributed by atoms with E-state index in [0.717, 1.165) is 11.3 Å². The number of rotatable bonds is 2. The highest BCUT2D eigenvalue weighted by atomic mass is 35.5. The normalized spacial score (nSPS) is 10.3. The number of aryl methyl sites for hydroxylation is 1. The molecule has 0 amide bonds. The lowest BCUT2D eigenvalue weighted by Gasteiger charge is -2.08. The largest absolute Gasteiger partial charge is 0.396 e. The van der Waals surface area contributed by atoms with Gasteiger partial charge in [-0.1, -0.05) is 17.7 Å². The molecule has 0 bridgehead atoms. The number of nitrogens with two attached hydrogens (primary N) is 1. The third-order valence-electron chi connectivity index (χ3n) is 2.46. The first-order valence-electron chi connectivity index (χ1n) is 5.14. The summed E-state index contributed by atoms with van der Waals surface area (Å²) in [5, 5.41) is 3.73. The SMILES string of the molecule is Cc1ccc(Nc2ccc(N)c(F)c2)cc1Cl. The van der Waals surface area contributed by atoms with E-state index < -0.39 is 5.82 Å². The summed E-state index contributed by atoms with van der Waals surface area (Å²) in [4.78, 5) is 0. The van der Waals surface area contributed by atoms with Crippen molar-refractivity contribution < 1.29 is 4.39 Å². The monoisotopic (exact) mass is 250 g/mol. The molecule has 4 heteroatoms. The Labute approximate surface area is 104 Å². The molecule has 0 saturated carbocycles. The van der Waals surface area contributed by atoms with Crippen molar-refractivity contribution in [2.24, 2.45) is 0 Å². The Kier molecular flexibility index (Phi) is 3.20. The van der Waals surface area contributed by atoms with Crippen molar-refractivity contribution in [1.82, 2.24) is 0 Å². The number of hydrogen-bond donors (Lipinski definition) is 2. The highest BCUT2D eigenvalue weighted by Crippen LogP contribution is 2.24. The summed E-state index contributed by atoms with van der Waals surface area (Å²) in [6.07, 6.45) is 0. The molecule has 2 aromatic rings. The van der Waals surface area contributed by atoms with Crippen molar-refractivity contribution in [3.8, 4) is 0 Å². The molecule has 2 rings (SSSR count). The Morgan fingerprint density at radius 3 is 2.41 bits per heavy atom. The van der Waals surface area contributed by atoms with Crippen LogP contribution in [0.3, 0.4) is 0 Å². The average Bonchev–Trinajstić information content (AvgIpc) is 2.29. The number of nitrogens with one attached hydrogen (secondary N) is 1. The van der Waals surface area contributed by atoms with Crippen molar-refractivity contribution in [3.63, 3.8) is 0 Å². The molecular formula is C13H12ClFN2. The average molecular weight is 251 g/mol. The van der Waals surface area contributed by atoms with E-state index in [2.05, 4.69) is 5.32 Å². The highest BCUT2D eigenvalue weighted by Gasteiger charge is 2.02. The highest BCUT2D eigenvalue weighted by molar-refractivity contribution is 6.31. The maximum atomic E-state index is 13.2. The van der Waals surface area contributed by atoms with Gasteiger partial charge in [-0.25, -0.2) is 4.39 Å². The zero-order valence-electron chi connectivity index (χ0n) is 9.30. The molecule has 0 aliphatic carbocycles. The molecule has 0 unspecified atom stereocenters. The van der Waals surface area contributed by atoms with Crippen molar-refractivity contribution in [2.75, 3.05) is 11.1 Å². The second-order valence-corrected chi connectivity index (χ2v) is 4.23. The second-order valence-electron chi connectivity index (χ2n) is 3.83. The summed E-state index contributed by atoms with van der Waals surface area (Å²) in [7, 11) is 0. The number of hydrogen-bond acceptors (Lipinski definition) is 2. The van der Waals surface area contributed by atoms with Crippen LogP contribution in [0.5, 0.6) is 0 Å². The molecule has 2 nitrogen and oxygen atoms in total. The van der Waals surface area contributed by atoms with Crippen LogP contribution in [0.4, 0.5) is 21.5 Å². The van der Waals surface area contributed by atoms with Crippen LogP contribution >= 0.6 is 11.6 Å². The molecule has 0 aromatic heterocycles. The number of nitrogen functional groups attached to an aromatic ring is 1. The van der Waals surface area contributed by atoms with Crippen LogP contribution in [0.15, 0.2) is 36.4 Å². The minimum atomic E-state index is -0.437. The third-order valence-corrected chi connectivity index (χ3v) is 2.87. The van der Waals surface area contributed by atoms with Gasteiger partial charge in [-0.15, -0.1) is 0 Å². The van der Waals surface area contributed by atoms with Gasteiger partial charge in [0.05, 0.1) is 5.69 Å². The van der Waals surface area contributed by atoms with E-state index in [9.17, 15) is 4.39 Å². The Balaban J connectivity index is 2.25. The topological polar surface area (TPSA) is 38.0 Å². The van der Waals surface area contributed by atoms with Gasteiger partial charge in [0.15, 0.2) is 0 Å². The minimum absolute atomic E-state index is 0.137. The Morgan fingerprint density at radius 1 is 1.12 bits per heavy atom. The number of benzene rings is 2. The Hall–Kier alpha value is -1.74. The van der Waals surface area contributed by atoms with E-state index >= 15 is 0 Å². The van der Waals surface area contributed by atoms with E-state index in [1.807, 2.05) is 19.1 Å². The van der Waals surface area contributed by atoms with E-state index in [4.69, 9.17) is 17.3 Å². The van der Waals surface area contributed by atoms with Gasteiger partial charge in [0, 0.05) is 16.4 Å². The quantitative estimate of drug-likeness (QED) is 0.787. The summed E-state index contributed by atoms with van der Waals surface area (Å²) in [6.45, 7) is 1.93. The number of anilines is 3. The lowest BCUT2D eigenvalue weighted by molar-refractivity contribution is 0.633. The minimum Gasteiger partial charge on any atom is -0.396 e. The van der Waals surface area contributed by atoms with Gasteiger partial charge < -0.3 is 11.1 Å². The zero-order chi connectivity index (χ0) is 12.4. The molecule has 0 aliphatic rings. The molecule has 0 heterocycles. The molecule has 0 fully saturated rings. The van der Waals surface area contributed by atoms with Gasteiger partial charge in [-0.05, 0) is 42.8 Å². The van der Waals surface area contributed by atoms with Crippen molar-refractivity contribution in [2.45, 2.75) is 6.92 Å². The first-order chi connectivity index (χ1) is 8.06. The van der Waals surface area contributed by atoms with E-state index in [1.54, 1.807) is 12.1 Å². The predicted octanol–water partition coefficient (Wildman–Crippen LogP) is 4.11. The zero-order valence-corrected chi connectivity index (χ0v) is 10.1. The fraction of sp³-hybridized carbons (Fsp3) is 0.0769. The van der Waals surface area contributed by atoms with E-state index in [1.165, 1.54) is 12.1 Å². The van der Waals surface area contributed by atoms with Crippen LogP contribution in [0.1, 0.15) is 5.56 Å². The molecule has 0 radical (unpaired) electrons. The van der Waals surface area contributed by atoms with Gasteiger partial charge in [0.2, 0.25) is 0 Å². The summed E-state index contributed by atoms with van der Waals surface area (Å²) in [6, 6.07) is 10.2. The van der Waals surface area contributed by atoms with Gasteiger partial charge in [0.25, 0.3) is 0 Å². The molecule has 0 saturated heterocycles.